The fourth-order valence-corrected chi connectivity index (χ4v) is 12.0. The van der Waals surface area contributed by atoms with E-state index >= 15 is 0 Å². The molecule has 0 aliphatic heterocycles. The maximum Gasteiger partial charge on any atom is 0.0541 e. The highest BCUT2D eigenvalue weighted by atomic mass is 15.0. The summed E-state index contributed by atoms with van der Waals surface area (Å²) in [6.45, 7) is 4.82. The number of nitrogens with zero attached hydrogens (tertiary/aromatic N) is 2. The van der Waals surface area contributed by atoms with Crippen LogP contribution in [0.1, 0.15) is 25.0 Å². The normalized spacial score (nSPS) is 13.0. The Morgan fingerprint density at radius 1 is 0.284 bits per heavy atom. The largest absolute Gasteiger partial charge is 0.309 e. The van der Waals surface area contributed by atoms with Crippen molar-refractivity contribution in [3.05, 3.63) is 242 Å². The molecule has 0 N–H and O–H groups in total. The molecule has 14 rings (SSSR count). The van der Waals surface area contributed by atoms with Gasteiger partial charge in [-0.05, 0) is 144 Å². The molecule has 2 heterocycles. The third-order valence-electron chi connectivity index (χ3n) is 14.9. The number of benzene rings is 11. The molecule has 0 spiro atoms. The highest BCUT2D eigenvalue weighted by molar-refractivity contribution is 6.21. The first-order valence-corrected chi connectivity index (χ1v) is 23.4. The maximum absolute atomic E-state index is 2.50. The Balaban J connectivity index is 1.06. The van der Waals surface area contributed by atoms with Gasteiger partial charge in [-0.15, -0.1) is 0 Å². The monoisotopic (exact) mass is 852 g/mol. The van der Waals surface area contributed by atoms with E-state index in [1.807, 2.05) is 0 Å². The summed E-state index contributed by atoms with van der Waals surface area (Å²) >= 11 is 0. The molecule has 0 unspecified atom stereocenters. The average Bonchev–Trinajstić information content (AvgIpc) is 3.98. The van der Waals surface area contributed by atoms with Crippen molar-refractivity contribution in [1.29, 1.82) is 0 Å². The predicted octanol–water partition coefficient (Wildman–Crippen LogP) is 17.5. The van der Waals surface area contributed by atoms with Crippen LogP contribution in [0.3, 0.4) is 0 Å². The Hall–Kier alpha value is -8.46. The highest BCUT2D eigenvalue weighted by Gasteiger charge is 2.38. The Morgan fingerprint density at radius 3 is 1.27 bits per heavy atom. The van der Waals surface area contributed by atoms with Gasteiger partial charge in [-0.25, -0.2) is 0 Å². The third-order valence-corrected chi connectivity index (χ3v) is 14.9. The standard InChI is InChI=1S/C65H44N2/c1-65(2)58-31-12-9-22-47(58)52-29-17-30-53(64(52)65)63-50-27-15-25-45(41-34-36-61-56(38-41)48-23-10-13-32-59(48)66(61)43-18-5-3-6-19-43)54(50)40-55-46(26-16-28-51(55)63)42-35-37-62-57(39-42)49-24-11-14-33-60(49)67(62)44-20-7-4-8-21-44/h3-40H,1-2H3. The molecule has 11 aromatic carbocycles. The van der Waals surface area contributed by atoms with Crippen molar-refractivity contribution in [2.75, 3.05) is 0 Å². The molecule has 0 bridgehead atoms. The minimum atomic E-state index is -0.192. The number of hydrogen-bond acceptors (Lipinski definition) is 0. The van der Waals surface area contributed by atoms with Crippen LogP contribution in [-0.2, 0) is 5.41 Å². The second kappa shape index (κ2) is 14.3. The zero-order valence-corrected chi connectivity index (χ0v) is 37.3. The molecule has 0 saturated carbocycles. The van der Waals surface area contributed by atoms with Crippen molar-refractivity contribution in [3.8, 4) is 55.9 Å². The van der Waals surface area contributed by atoms with Gasteiger partial charge in [0.15, 0.2) is 0 Å². The summed E-state index contributed by atoms with van der Waals surface area (Å²) in [5.41, 5.74) is 19.9. The fourth-order valence-electron chi connectivity index (χ4n) is 12.0. The van der Waals surface area contributed by atoms with Crippen molar-refractivity contribution < 1.29 is 0 Å². The molecule has 0 saturated heterocycles. The molecule has 0 amide bonds. The molecule has 13 aromatic rings. The Kier molecular flexibility index (Phi) is 8.06. The molecular weight excluding hydrogens is 809 g/mol. The lowest BCUT2D eigenvalue weighted by Crippen LogP contribution is -2.16. The predicted molar refractivity (Wildman–Crippen MR) is 284 cm³/mol. The van der Waals surface area contributed by atoms with E-state index in [0.29, 0.717) is 0 Å². The van der Waals surface area contributed by atoms with Crippen LogP contribution >= 0.6 is 0 Å². The zero-order chi connectivity index (χ0) is 44.4. The van der Waals surface area contributed by atoms with E-state index in [2.05, 4.69) is 254 Å². The summed E-state index contributed by atoms with van der Waals surface area (Å²) in [7, 11) is 0. The van der Waals surface area contributed by atoms with Crippen LogP contribution in [-0.4, -0.2) is 9.13 Å². The van der Waals surface area contributed by atoms with Gasteiger partial charge in [0.05, 0.1) is 22.1 Å². The molecule has 2 aromatic heterocycles. The number of para-hydroxylation sites is 4. The topological polar surface area (TPSA) is 9.86 Å². The summed E-state index contributed by atoms with van der Waals surface area (Å²) in [5.74, 6) is 0. The van der Waals surface area contributed by atoms with E-state index in [-0.39, 0.29) is 5.41 Å². The molecule has 314 valence electrons. The third kappa shape index (κ3) is 5.45. The summed E-state index contributed by atoms with van der Waals surface area (Å²) in [5, 5.41) is 10.0. The second-order valence-electron chi connectivity index (χ2n) is 18.8. The van der Waals surface area contributed by atoms with E-state index in [0.717, 1.165) is 0 Å². The van der Waals surface area contributed by atoms with Crippen molar-refractivity contribution >= 4 is 65.2 Å². The van der Waals surface area contributed by atoms with E-state index in [1.165, 1.54) is 132 Å². The Labute approximate surface area is 389 Å². The summed E-state index contributed by atoms with van der Waals surface area (Å²) < 4.78 is 4.80. The van der Waals surface area contributed by atoms with Gasteiger partial charge in [0, 0.05) is 38.3 Å². The van der Waals surface area contributed by atoms with Crippen LogP contribution in [0.2, 0.25) is 0 Å². The number of hydrogen-bond donors (Lipinski definition) is 0. The Morgan fingerprint density at radius 2 is 0.701 bits per heavy atom. The Bertz CT molecular complexity index is 3950. The molecule has 2 nitrogen and oxygen atoms in total. The SMILES string of the molecule is CC1(C)c2ccccc2-c2cccc(-c3c4cccc(-c5ccc6c(c5)c5ccccc5n6-c5ccccc5)c4cc4c(-c5ccc6c(c5)c5ccccc5n6-c5ccccc5)cccc34)c21. The van der Waals surface area contributed by atoms with Crippen LogP contribution in [0.25, 0.3) is 121 Å². The summed E-state index contributed by atoms with van der Waals surface area (Å²) in [6, 6.07) is 85.7. The van der Waals surface area contributed by atoms with Crippen molar-refractivity contribution in [2.24, 2.45) is 0 Å². The van der Waals surface area contributed by atoms with Crippen LogP contribution in [0.4, 0.5) is 0 Å². The van der Waals surface area contributed by atoms with Gasteiger partial charge in [-0.1, -0.05) is 178 Å². The summed E-state index contributed by atoms with van der Waals surface area (Å²) in [4.78, 5) is 0. The first kappa shape index (κ1) is 37.9. The highest BCUT2D eigenvalue weighted by Crippen LogP contribution is 2.54. The van der Waals surface area contributed by atoms with Gasteiger partial charge < -0.3 is 9.13 Å². The fraction of sp³-hybridized carbons (Fsp3) is 0.0462. The van der Waals surface area contributed by atoms with Crippen molar-refractivity contribution in [3.63, 3.8) is 0 Å². The molecule has 0 atom stereocenters. The molecular formula is C65H44N2. The summed E-state index contributed by atoms with van der Waals surface area (Å²) in [6.07, 6.45) is 0. The minimum absolute atomic E-state index is 0.192. The zero-order valence-electron chi connectivity index (χ0n) is 37.3. The molecule has 2 heteroatoms. The van der Waals surface area contributed by atoms with Gasteiger partial charge in [-0.2, -0.15) is 0 Å². The van der Waals surface area contributed by atoms with Crippen LogP contribution < -0.4 is 0 Å². The number of fused-ring (bicyclic) bond motifs is 11. The smallest absolute Gasteiger partial charge is 0.0541 e. The van der Waals surface area contributed by atoms with Crippen molar-refractivity contribution in [1.82, 2.24) is 9.13 Å². The van der Waals surface area contributed by atoms with Crippen LogP contribution in [0.5, 0.6) is 0 Å². The van der Waals surface area contributed by atoms with Crippen LogP contribution in [0.15, 0.2) is 231 Å². The minimum Gasteiger partial charge on any atom is -0.309 e. The quantitative estimate of drug-likeness (QED) is 0.153. The first-order valence-electron chi connectivity index (χ1n) is 23.4. The van der Waals surface area contributed by atoms with Gasteiger partial charge in [0.2, 0.25) is 0 Å². The molecule has 1 aliphatic rings. The molecule has 0 radical (unpaired) electrons. The lowest BCUT2D eigenvalue weighted by atomic mass is 9.77. The molecule has 67 heavy (non-hydrogen) atoms. The van der Waals surface area contributed by atoms with E-state index in [9.17, 15) is 0 Å². The number of aromatic nitrogens is 2. The van der Waals surface area contributed by atoms with Gasteiger partial charge in [0.1, 0.15) is 0 Å². The van der Waals surface area contributed by atoms with Gasteiger partial charge in [0.25, 0.3) is 0 Å². The maximum atomic E-state index is 2.50. The van der Waals surface area contributed by atoms with Crippen LogP contribution in [0, 0.1) is 0 Å². The van der Waals surface area contributed by atoms with Gasteiger partial charge >= 0.3 is 0 Å². The second-order valence-corrected chi connectivity index (χ2v) is 18.8. The van der Waals surface area contributed by atoms with E-state index in [1.54, 1.807) is 0 Å². The van der Waals surface area contributed by atoms with E-state index in [4.69, 9.17) is 0 Å². The molecule has 1 aliphatic carbocycles. The lowest BCUT2D eigenvalue weighted by Gasteiger charge is -2.26. The first-order chi connectivity index (χ1) is 33.0. The molecule has 0 fully saturated rings. The van der Waals surface area contributed by atoms with Crippen molar-refractivity contribution in [2.45, 2.75) is 19.3 Å². The lowest BCUT2D eigenvalue weighted by molar-refractivity contribution is 0.662. The van der Waals surface area contributed by atoms with E-state index < -0.39 is 0 Å². The van der Waals surface area contributed by atoms with Gasteiger partial charge in [-0.3, -0.25) is 0 Å². The average molecular weight is 853 g/mol. The number of rotatable bonds is 5.